The van der Waals surface area contributed by atoms with Crippen LogP contribution < -0.4 is 4.74 Å². The van der Waals surface area contributed by atoms with Crippen LogP contribution in [0.4, 0.5) is 10.1 Å². The van der Waals surface area contributed by atoms with Crippen LogP contribution in [0.25, 0.3) is 0 Å². The topological polar surface area (TPSA) is 69.4 Å². The minimum absolute atomic E-state index is 0.0463. The molecule has 0 aromatic heterocycles. The Balaban J connectivity index is 2.39. The summed E-state index contributed by atoms with van der Waals surface area (Å²) >= 11 is 0. The number of aldehydes is 1. The van der Waals surface area contributed by atoms with E-state index in [1.165, 1.54) is 24.3 Å². The smallest absolute Gasteiger partial charge is 0.311 e. The molecule has 0 heterocycles. The third-order valence-corrected chi connectivity index (χ3v) is 2.94. The van der Waals surface area contributed by atoms with Crippen molar-refractivity contribution in [1.82, 2.24) is 0 Å². The number of carbonyl (C=O) groups is 1. The summed E-state index contributed by atoms with van der Waals surface area (Å²) in [6.07, 6.45) is 1.15. The van der Waals surface area contributed by atoms with Crippen molar-refractivity contribution in [2.45, 2.75) is 13.3 Å². The van der Waals surface area contributed by atoms with Crippen LogP contribution in [0.3, 0.4) is 0 Å². The summed E-state index contributed by atoms with van der Waals surface area (Å²) in [5, 5.41) is 11.1. The Labute approximate surface area is 120 Å². The zero-order valence-corrected chi connectivity index (χ0v) is 11.2. The van der Waals surface area contributed by atoms with Gasteiger partial charge in [-0.3, -0.25) is 14.9 Å². The normalized spacial score (nSPS) is 10.2. The van der Waals surface area contributed by atoms with Crippen molar-refractivity contribution in [1.29, 1.82) is 0 Å². The molecule has 5 nitrogen and oxygen atoms in total. The zero-order chi connectivity index (χ0) is 15.4. The highest BCUT2D eigenvalue weighted by Crippen LogP contribution is 2.33. The molecule has 0 aliphatic rings. The molecular formula is C15H12FNO4. The van der Waals surface area contributed by atoms with E-state index in [-0.39, 0.29) is 22.7 Å². The standard InChI is InChI=1S/C15H12FNO4/c1-2-10-3-6-15(13(8-10)17(19)20)21-14-5-4-11(9-18)7-12(14)16/h3-9H,2H2,1H3. The van der Waals surface area contributed by atoms with E-state index in [9.17, 15) is 19.3 Å². The molecule has 21 heavy (non-hydrogen) atoms. The highest BCUT2D eigenvalue weighted by molar-refractivity contribution is 5.75. The molecule has 2 aromatic carbocycles. The SMILES string of the molecule is CCc1ccc(Oc2ccc(C=O)cc2F)c([N+](=O)[O-])c1. The van der Waals surface area contributed by atoms with E-state index in [0.717, 1.165) is 11.6 Å². The molecular weight excluding hydrogens is 277 g/mol. The highest BCUT2D eigenvalue weighted by atomic mass is 19.1. The van der Waals surface area contributed by atoms with E-state index in [1.54, 1.807) is 6.07 Å². The molecule has 108 valence electrons. The predicted octanol–water partition coefficient (Wildman–Crippen LogP) is 3.90. The van der Waals surface area contributed by atoms with Gasteiger partial charge < -0.3 is 4.74 Å². The van der Waals surface area contributed by atoms with Crippen molar-refractivity contribution < 1.29 is 18.8 Å². The fourth-order valence-electron chi connectivity index (χ4n) is 1.80. The fraction of sp³-hybridized carbons (Fsp3) is 0.133. The van der Waals surface area contributed by atoms with Crippen LogP contribution >= 0.6 is 0 Å². The van der Waals surface area contributed by atoms with E-state index in [1.807, 2.05) is 6.92 Å². The first-order valence-corrected chi connectivity index (χ1v) is 6.25. The van der Waals surface area contributed by atoms with Crippen LogP contribution in [-0.4, -0.2) is 11.2 Å². The number of nitro groups is 1. The fourth-order valence-corrected chi connectivity index (χ4v) is 1.80. The van der Waals surface area contributed by atoms with Gasteiger partial charge in [0, 0.05) is 11.6 Å². The minimum Gasteiger partial charge on any atom is -0.447 e. The highest BCUT2D eigenvalue weighted by Gasteiger charge is 2.18. The lowest BCUT2D eigenvalue weighted by Crippen LogP contribution is -1.96. The molecule has 2 rings (SSSR count). The van der Waals surface area contributed by atoms with Crippen LogP contribution in [-0.2, 0) is 6.42 Å². The maximum Gasteiger partial charge on any atom is 0.311 e. The van der Waals surface area contributed by atoms with Gasteiger partial charge in [-0.25, -0.2) is 4.39 Å². The average Bonchev–Trinajstić information content (AvgIpc) is 2.49. The van der Waals surface area contributed by atoms with Gasteiger partial charge in [-0.15, -0.1) is 0 Å². The quantitative estimate of drug-likeness (QED) is 0.475. The van der Waals surface area contributed by atoms with E-state index in [4.69, 9.17) is 4.74 Å². The van der Waals surface area contributed by atoms with Gasteiger partial charge in [0.2, 0.25) is 5.75 Å². The van der Waals surface area contributed by atoms with Gasteiger partial charge in [0.1, 0.15) is 6.29 Å². The molecule has 0 aliphatic carbocycles. The van der Waals surface area contributed by atoms with Gasteiger partial charge in [-0.05, 0) is 36.2 Å². The first-order valence-electron chi connectivity index (χ1n) is 6.25. The van der Waals surface area contributed by atoms with Crippen molar-refractivity contribution >= 4 is 12.0 Å². The first-order chi connectivity index (χ1) is 10.0. The summed E-state index contributed by atoms with van der Waals surface area (Å²) in [5.41, 5.74) is 0.717. The summed E-state index contributed by atoms with van der Waals surface area (Å²) in [6, 6.07) is 8.15. The Kier molecular flexibility index (Phi) is 4.27. The van der Waals surface area contributed by atoms with Gasteiger partial charge in [-0.2, -0.15) is 0 Å². The number of hydrogen-bond donors (Lipinski definition) is 0. The van der Waals surface area contributed by atoms with Crippen molar-refractivity contribution in [3.63, 3.8) is 0 Å². The molecule has 0 N–H and O–H groups in total. The molecule has 0 fully saturated rings. The zero-order valence-electron chi connectivity index (χ0n) is 11.2. The molecule has 2 aromatic rings. The van der Waals surface area contributed by atoms with Gasteiger partial charge >= 0.3 is 5.69 Å². The maximum absolute atomic E-state index is 13.7. The van der Waals surface area contributed by atoms with E-state index in [2.05, 4.69) is 0 Å². The van der Waals surface area contributed by atoms with Crippen LogP contribution in [0.15, 0.2) is 36.4 Å². The van der Waals surface area contributed by atoms with Gasteiger partial charge in [0.05, 0.1) is 4.92 Å². The Bertz CT molecular complexity index is 700. The third-order valence-electron chi connectivity index (χ3n) is 2.94. The summed E-state index contributed by atoms with van der Waals surface area (Å²) in [5.74, 6) is -0.976. The maximum atomic E-state index is 13.7. The summed E-state index contributed by atoms with van der Waals surface area (Å²) in [6.45, 7) is 1.87. The Morgan fingerprint density at radius 2 is 1.95 bits per heavy atom. The molecule has 0 unspecified atom stereocenters. The van der Waals surface area contributed by atoms with E-state index < -0.39 is 10.7 Å². The second-order valence-electron chi connectivity index (χ2n) is 4.32. The molecule has 0 atom stereocenters. The number of nitrogens with zero attached hydrogens (tertiary/aromatic N) is 1. The largest absolute Gasteiger partial charge is 0.447 e. The Morgan fingerprint density at radius 3 is 2.52 bits per heavy atom. The molecule has 0 aliphatic heterocycles. The van der Waals surface area contributed by atoms with Crippen LogP contribution in [0.2, 0.25) is 0 Å². The van der Waals surface area contributed by atoms with Crippen molar-refractivity contribution in [3.05, 3.63) is 63.5 Å². The Hall–Kier alpha value is -2.76. The van der Waals surface area contributed by atoms with Crippen molar-refractivity contribution in [3.8, 4) is 11.5 Å². The number of hydrogen-bond acceptors (Lipinski definition) is 4. The monoisotopic (exact) mass is 289 g/mol. The summed E-state index contributed by atoms with van der Waals surface area (Å²) < 4.78 is 19.0. The molecule has 0 bridgehead atoms. The predicted molar refractivity (Wildman–Crippen MR) is 74.3 cm³/mol. The molecule has 6 heteroatoms. The molecule has 0 amide bonds. The number of ether oxygens (including phenoxy) is 1. The number of carbonyl (C=O) groups excluding carboxylic acids is 1. The lowest BCUT2D eigenvalue weighted by Gasteiger charge is -2.08. The van der Waals surface area contributed by atoms with Crippen molar-refractivity contribution in [2.24, 2.45) is 0 Å². The lowest BCUT2D eigenvalue weighted by atomic mass is 10.1. The van der Waals surface area contributed by atoms with Gasteiger partial charge in [0.15, 0.2) is 11.6 Å². The third kappa shape index (κ3) is 3.22. The van der Waals surface area contributed by atoms with Gasteiger partial charge in [-0.1, -0.05) is 13.0 Å². The number of benzene rings is 2. The molecule has 0 spiro atoms. The number of halogens is 1. The number of nitro benzene ring substituents is 1. The summed E-state index contributed by atoms with van der Waals surface area (Å²) in [4.78, 5) is 21.0. The van der Waals surface area contributed by atoms with Crippen LogP contribution in [0, 0.1) is 15.9 Å². The number of aryl methyl sites for hydroxylation is 1. The number of rotatable bonds is 5. The molecule has 0 radical (unpaired) electrons. The first kappa shape index (κ1) is 14.6. The van der Waals surface area contributed by atoms with E-state index in [0.29, 0.717) is 12.7 Å². The Morgan fingerprint density at radius 1 is 1.24 bits per heavy atom. The summed E-state index contributed by atoms with van der Waals surface area (Å²) in [7, 11) is 0. The van der Waals surface area contributed by atoms with Crippen molar-refractivity contribution in [2.75, 3.05) is 0 Å². The second kappa shape index (κ2) is 6.13. The minimum atomic E-state index is -0.756. The van der Waals surface area contributed by atoms with E-state index >= 15 is 0 Å². The van der Waals surface area contributed by atoms with Crippen LogP contribution in [0.1, 0.15) is 22.8 Å². The molecule has 0 saturated carbocycles. The average molecular weight is 289 g/mol. The second-order valence-corrected chi connectivity index (χ2v) is 4.32. The lowest BCUT2D eigenvalue weighted by molar-refractivity contribution is -0.385. The molecule has 0 saturated heterocycles. The van der Waals surface area contributed by atoms with Gasteiger partial charge in [0.25, 0.3) is 0 Å². The van der Waals surface area contributed by atoms with Crippen LogP contribution in [0.5, 0.6) is 11.5 Å².